The molecule has 2 heterocycles. The zero-order chi connectivity index (χ0) is 14.6. The molecule has 1 atom stereocenters. The summed E-state index contributed by atoms with van der Waals surface area (Å²) in [6.07, 6.45) is 4.73. The summed E-state index contributed by atoms with van der Waals surface area (Å²) in [6, 6.07) is 0. The Morgan fingerprint density at radius 1 is 1.35 bits per heavy atom. The molecule has 20 heavy (non-hydrogen) atoms. The second kappa shape index (κ2) is 6.68. The van der Waals surface area contributed by atoms with Gasteiger partial charge in [0.2, 0.25) is 0 Å². The SMILES string of the molecule is CCC1CCN(CCn2cc(CNC(C)(C)C)nn2)C1. The predicted molar refractivity (Wildman–Crippen MR) is 81.5 cm³/mol. The van der Waals surface area contributed by atoms with Crippen molar-refractivity contribution >= 4 is 0 Å². The first-order chi connectivity index (χ1) is 9.46. The van der Waals surface area contributed by atoms with E-state index in [4.69, 9.17) is 0 Å². The van der Waals surface area contributed by atoms with E-state index in [2.05, 4.69) is 54.4 Å². The van der Waals surface area contributed by atoms with Gasteiger partial charge in [-0.25, -0.2) is 0 Å². The molecule has 0 bridgehead atoms. The minimum Gasteiger partial charge on any atom is -0.306 e. The van der Waals surface area contributed by atoms with Crippen molar-refractivity contribution in [2.75, 3.05) is 19.6 Å². The maximum atomic E-state index is 4.23. The predicted octanol–water partition coefficient (Wildman–Crippen LogP) is 1.90. The monoisotopic (exact) mass is 279 g/mol. The summed E-state index contributed by atoms with van der Waals surface area (Å²) in [6.45, 7) is 14.1. The normalized spacial score (nSPS) is 20.7. The van der Waals surface area contributed by atoms with Crippen LogP contribution < -0.4 is 5.32 Å². The Morgan fingerprint density at radius 2 is 2.15 bits per heavy atom. The number of nitrogens with one attached hydrogen (secondary N) is 1. The molecule has 1 saturated heterocycles. The lowest BCUT2D eigenvalue weighted by atomic mass is 10.1. The van der Waals surface area contributed by atoms with Crippen molar-refractivity contribution in [1.82, 2.24) is 25.2 Å². The van der Waals surface area contributed by atoms with Gasteiger partial charge in [0.25, 0.3) is 0 Å². The van der Waals surface area contributed by atoms with Crippen LogP contribution in [0.3, 0.4) is 0 Å². The topological polar surface area (TPSA) is 46.0 Å². The number of hydrogen-bond acceptors (Lipinski definition) is 4. The summed E-state index contributed by atoms with van der Waals surface area (Å²) >= 11 is 0. The van der Waals surface area contributed by atoms with Crippen molar-refractivity contribution in [3.63, 3.8) is 0 Å². The average Bonchev–Trinajstić information content (AvgIpc) is 3.02. The van der Waals surface area contributed by atoms with Crippen molar-refractivity contribution in [2.45, 2.75) is 59.2 Å². The van der Waals surface area contributed by atoms with E-state index in [1.807, 2.05) is 4.68 Å². The molecule has 1 aromatic heterocycles. The van der Waals surface area contributed by atoms with E-state index in [9.17, 15) is 0 Å². The van der Waals surface area contributed by atoms with Crippen LogP contribution in [0.15, 0.2) is 6.20 Å². The second-order valence-corrected chi connectivity index (χ2v) is 6.94. The molecule has 5 nitrogen and oxygen atoms in total. The van der Waals surface area contributed by atoms with Crippen molar-refractivity contribution < 1.29 is 0 Å². The molecule has 1 N–H and O–H groups in total. The van der Waals surface area contributed by atoms with Crippen molar-refractivity contribution in [2.24, 2.45) is 5.92 Å². The first-order valence-corrected chi connectivity index (χ1v) is 7.82. The lowest BCUT2D eigenvalue weighted by molar-refractivity contribution is 0.301. The van der Waals surface area contributed by atoms with Gasteiger partial charge in [-0.1, -0.05) is 18.6 Å². The molecule has 1 aliphatic rings. The van der Waals surface area contributed by atoms with Gasteiger partial charge in [0.15, 0.2) is 0 Å². The Hall–Kier alpha value is -0.940. The van der Waals surface area contributed by atoms with Gasteiger partial charge in [-0.15, -0.1) is 5.10 Å². The quantitative estimate of drug-likeness (QED) is 0.864. The highest BCUT2D eigenvalue weighted by Crippen LogP contribution is 2.18. The molecular weight excluding hydrogens is 250 g/mol. The van der Waals surface area contributed by atoms with Crippen LogP contribution in [-0.2, 0) is 13.1 Å². The number of hydrogen-bond donors (Lipinski definition) is 1. The van der Waals surface area contributed by atoms with Gasteiger partial charge in [-0.3, -0.25) is 4.68 Å². The zero-order valence-corrected chi connectivity index (χ0v) is 13.4. The molecule has 5 heteroatoms. The first kappa shape index (κ1) is 15.4. The Kier molecular flexibility index (Phi) is 5.16. The summed E-state index contributed by atoms with van der Waals surface area (Å²) in [5.41, 5.74) is 1.14. The third kappa shape index (κ3) is 4.87. The molecule has 0 radical (unpaired) electrons. The number of nitrogens with zero attached hydrogens (tertiary/aromatic N) is 4. The summed E-state index contributed by atoms with van der Waals surface area (Å²) in [4.78, 5) is 2.54. The minimum atomic E-state index is 0.120. The summed E-state index contributed by atoms with van der Waals surface area (Å²) in [5, 5.41) is 11.9. The first-order valence-electron chi connectivity index (χ1n) is 7.82. The smallest absolute Gasteiger partial charge is 0.0965 e. The van der Waals surface area contributed by atoms with Gasteiger partial charge < -0.3 is 10.2 Å². The maximum absolute atomic E-state index is 4.23. The van der Waals surface area contributed by atoms with Crippen LogP contribution in [-0.4, -0.2) is 45.1 Å². The van der Waals surface area contributed by atoms with Crippen LogP contribution in [0.5, 0.6) is 0 Å². The Bertz CT molecular complexity index is 407. The molecule has 114 valence electrons. The number of rotatable bonds is 6. The van der Waals surface area contributed by atoms with Crippen molar-refractivity contribution in [1.29, 1.82) is 0 Å². The molecule has 0 amide bonds. The molecule has 1 fully saturated rings. The van der Waals surface area contributed by atoms with E-state index in [1.54, 1.807) is 0 Å². The number of likely N-dealkylation sites (tertiary alicyclic amines) is 1. The van der Waals surface area contributed by atoms with Gasteiger partial charge in [0.05, 0.1) is 12.2 Å². The Balaban J connectivity index is 1.73. The van der Waals surface area contributed by atoms with Gasteiger partial charge in [0, 0.05) is 31.4 Å². The molecule has 0 saturated carbocycles. The van der Waals surface area contributed by atoms with Crippen LogP contribution in [0.4, 0.5) is 0 Å². The highest BCUT2D eigenvalue weighted by Gasteiger charge is 2.20. The van der Waals surface area contributed by atoms with Gasteiger partial charge in [0.1, 0.15) is 0 Å². The molecule has 1 unspecified atom stereocenters. The fourth-order valence-corrected chi connectivity index (χ4v) is 2.58. The Labute approximate surface area is 122 Å². The summed E-state index contributed by atoms with van der Waals surface area (Å²) < 4.78 is 1.97. The van der Waals surface area contributed by atoms with E-state index in [0.717, 1.165) is 31.2 Å². The zero-order valence-electron chi connectivity index (χ0n) is 13.4. The third-order valence-electron chi connectivity index (χ3n) is 3.98. The molecular formula is C15H29N5. The van der Waals surface area contributed by atoms with E-state index in [1.165, 1.54) is 25.9 Å². The van der Waals surface area contributed by atoms with Crippen LogP contribution in [0.25, 0.3) is 0 Å². The van der Waals surface area contributed by atoms with Crippen LogP contribution in [0.2, 0.25) is 0 Å². The fourth-order valence-electron chi connectivity index (χ4n) is 2.58. The standard InChI is InChI=1S/C15H29N5/c1-5-13-6-7-19(11-13)8-9-20-12-14(17-18-20)10-16-15(2,3)4/h12-13,16H,5-11H2,1-4H3. The molecule has 2 rings (SSSR count). The van der Waals surface area contributed by atoms with Gasteiger partial charge >= 0.3 is 0 Å². The lowest BCUT2D eigenvalue weighted by Crippen LogP contribution is -2.35. The Morgan fingerprint density at radius 3 is 2.80 bits per heavy atom. The molecule has 0 spiro atoms. The maximum Gasteiger partial charge on any atom is 0.0965 e. The molecule has 0 aromatic carbocycles. The minimum absolute atomic E-state index is 0.120. The average molecular weight is 279 g/mol. The van der Waals surface area contributed by atoms with E-state index in [-0.39, 0.29) is 5.54 Å². The molecule has 1 aliphatic heterocycles. The van der Waals surface area contributed by atoms with Crippen LogP contribution in [0, 0.1) is 5.92 Å². The van der Waals surface area contributed by atoms with E-state index in [0.29, 0.717) is 0 Å². The van der Waals surface area contributed by atoms with Crippen molar-refractivity contribution in [3.8, 4) is 0 Å². The van der Waals surface area contributed by atoms with E-state index < -0.39 is 0 Å². The third-order valence-corrected chi connectivity index (χ3v) is 3.98. The summed E-state index contributed by atoms with van der Waals surface area (Å²) in [5.74, 6) is 0.900. The van der Waals surface area contributed by atoms with Gasteiger partial charge in [-0.2, -0.15) is 0 Å². The lowest BCUT2D eigenvalue weighted by Gasteiger charge is -2.19. The fraction of sp³-hybridized carbons (Fsp3) is 0.867. The van der Waals surface area contributed by atoms with E-state index >= 15 is 0 Å². The molecule has 0 aliphatic carbocycles. The van der Waals surface area contributed by atoms with Crippen LogP contribution in [0.1, 0.15) is 46.2 Å². The van der Waals surface area contributed by atoms with Gasteiger partial charge in [-0.05, 0) is 39.7 Å². The highest BCUT2D eigenvalue weighted by atomic mass is 15.4. The number of aromatic nitrogens is 3. The van der Waals surface area contributed by atoms with Crippen LogP contribution >= 0.6 is 0 Å². The second-order valence-electron chi connectivity index (χ2n) is 6.94. The largest absolute Gasteiger partial charge is 0.306 e. The van der Waals surface area contributed by atoms with Crippen molar-refractivity contribution in [3.05, 3.63) is 11.9 Å². The highest BCUT2D eigenvalue weighted by molar-refractivity contribution is 4.93. The molecule has 1 aromatic rings. The summed E-state index contributed by atoms with van der Waals surface area (Å²) in [7, 11) is 0.